The number of aliphatic imine (C=N–C) groups is 1. The van der Waals surface area contributed by atoms with Gasteiger partial charge in [0, 0.05) is 6.20 Å². The van der Waals surface area contributed by atoms with Crippen molar-refractivity contribution in [3.05, 3.63) is 65.5 Å². The smallest absolute Gasteiger partial charge is 0.413 e. The van der Waals surface area contributed by atoms with Crippen molar-refractivity contribution < 1.29 is 19.0 Å². The van der Waals surface area contributed by atoms with Crippen LogP contribution in [0.25, 0.3) is 0 Å². The highest BCUT2D eigenvalue weighted by molar-refractivity contribution is 6.07. The number of nitrogens with one attached hydrogen (secondary N) is 5. The van der Waals surface area contributed by atoms with Gasteiger partial charge in [-0.15, -0.1) is 0 Å². The molecule has 176 valence electrons. The number of carbonyl (C=O) groups excluding carboxylic acids is 1. The second-order valence-corrected chi connectivity index (χ2v) is 8.00. The fourth-order valence-corrected chi connectivity index (χ4v) is 2.89. The van der Waals surface area contributed by atoms with Gasteiger partial charge in [0.1, 0.15) is 29.1 Å². The first-order valence-corrected chi connectivity index (χ1v) is 10.1. The molecule has 11 heteroatoms. The Bertz CT molecular complexity index is 1070. The van der Waals surface area contributed by atoms with Gasteiger partial charge in [-0.2, -0.15) is 5.11 Å². The number of benzene rings is 1. The van der Waals surface area contributed by atoms with E-state index in [9.17, 15) is 14.3 Å². The molecule has 1 amide bonds. The van der Waals surface area contributed by atoms with Crippen LogP contribution in [0.5, 0.6) is 0 Å². The average Bonchev–Trinajstić information content (AvgIpc) is 3.24. The monoisotopic (exact) mass is 457 g/mol. The molecule has 0 aliphatic heterocycles. The lowest BCUT2D eigenvalue weighted by Crippen LogP contribution is -2.37. The predicted molar refractivity (Wildman–Crippen MR) is 123 cm³/mol. The highest BCUT2D eigenvalue weighted by Gasteiger charge is 2.34. The summed E-state index contributed by atoms with van der Waals surface area (Å²) < 4.78 is 19.1. The molecule has 1 unspecified atom stereocenters. The van der Waals surface area contributed by atoms with Crippen molar-refractivity contribution in [3.8, 4) is 0 Å². The van der Waals surface area contributed by atoms with E-state index in [1.807, 2.05) is 0 Å². The zero-order valence-corrected chi connectivity index (χ0v) is 18.9. The first kappa shape index (κ1) is 25.4. The number of amides is 1. The fraction of sp³-hybridized carbons (Fsp3) is 0.318. The average molecular weight is 458 g/mol. The number of ether oxygens (including phenoxy) is 1. The molecule has 0 saturated heterocycles. The number of halogens is 1. The van der Waals surface area contributed by atoms with Crippen LogP contribution in [0.1, 0.15) is 45.5 Å². The van der Waals surface area contributed by atoms with Crippen LogP contribution in [-0.2, 0) is 10.3 Å². The number of aliphatic hydroxyl groups is 1. The minimum atomic E-state index is -1.74. The lowest BCUT2D eigenvalue weighted by molar-refractivity contribution is 0.0563. The van der Waals surface area contributed by atoms with E-state index in [4.69, 9.17) is 15.7 Å². The third kappa shape index (κ3) is 6.56. The molecule has 1 aromatic heterocycles. The summed E-state index contributed by atoms with van der Waals surface area (Å²) in [4.78, 5) is 18.9. The first-order valence-electron chi connectivity index (χ1n) is 10.1. The zero-order chi connectivity index (χ0) is 24.6. The van der Waals surface area contributed by atoms with E-state index in [-0.39, 0.29) is 35.0 Å². The van der Waals surface area contributed by atoms with Crippen molar-refractivity contribution in [1.29, 1.82) is 10.9 Å². The number of rotatable bonds is 8. The van der Waals surface area contributed by atoms with Crippen molar-refractivity contribution in [2.24, 2.45) is 10.1 Å². The Kier molecular flexibility index (Phi) is 8.19. The van der Waals surface area contributed by atoms with Crippen molar-refractivity contribution >= 4 is 24.0 Å². The maximum atomic E-state index is 13.9. The summed E-state index contributed by atoms with van der Waals surface area (Å²) in [6.45, 7) is 6.82. The SMILES string of the molecule is CCC(O)(/C(=C/Nc1ccccc1F)N=N)c1ccc(/C(=N\C=N)NC(=O)OC(C)(C)C)[nH]1. The summed E-state index contributed by atoms with van der Waals surface area (Å²) >= 11 is 0. The summed E-state index contributed by atoms with van der Waals surface area (Å²) in [5.74, 6) is -0.497. The summed E-state index contributed by atoms with van der Waals surface area (Å²) in [7, 11) is 0. The van der Waals surface area contributed by atoms with Gasteiger partial charge in [0.15, 0.2) is 5.84 Å². The van der Waals surface area contributed by atoms with Gasteiger partial charge >= 0.3 is 6.09 Å². The van der Waals surface area contributed by atoms with Gasteiger partial charge in [0.2, 0.25) is 0 Å². The van der Waals surface area contributed by atoms with Crippen LogP contribution >= 0.6 is 0 Å². The van der Waals surface area contributed by atoms with Gasteiger partial charge in [-0.25, -0.2) is 19.7 Å². The third-order valence-electron chi connectivity index (χ3n) is 4.49. The number of anilines is 1. The molecule has 33 heavy (non-hydrogen) atoms. The Hall–Kier alpha value is -3.86. The number of aromatic amines is 1. The molecule has 6 N–H and O–H groups in total. The lowest BCUT2D eigenvalue weighted by atomic mass is 9.93. The highest BCUT2D eigenvalue weighted by Crippen LogP contribution is 2.33. The van der Waals surface area contributed by atoms with E-state index in [1.54, 1.807) is 45.9 Å². The summed E-state index contributed by atoms with van der Waals surface area (Å²) in [6, 6.07) is 9.05. The van der Waals surface area contributed by atoms with E-state index in [0.29, 0.717) is 0 Å². The quantitative estimate of drug-likeness (QED) is 0.194. The molecule has 0 fully saturated rings. The fourth-order valence-electron chi connectivity index (χ4n) is 2.89. The molecule has 2 aromatic rings. The molecule has 10 nitrogen and oxygen atoms in total. The molecule has 0 saturated carbocycles. The first-order chi connectivity index (χ1) is 15.5. The van der Waals surface area contributed by atoms with E-state index >= 15 is 0 Å². The molecule has 1 heterocycles. The van der Waals surface area contributed by atoms with Crippen molar-refractivity contribution in [3.63, 3.8) is 0 Å². The number of para-hydroxylation sites is 1. The Labute approximate surface area is 191 Å². The number of hydrogen-bond acceptors (Lipinski definition) is 7. The number of alkyl carbamates (subject to hydrolysis) is 1. The van der Waals surface area contributed by atoms with Gasteiger partial charge < -0.3 is 20.1 Å². The molecule has 0 radical (unpaired) electrons. The molecule has 1 atom stereocenters. The van der Waals surface area contributed by atoms with Gasteiger partial charge in [0.05, 0.1) is 17.1 Å². The molecule has 0 aliphatic rings. The van der Waals surface area contributed by atoms with Crippen LogP contribution in [0.4, 0.5) is 14.9 Å². The second-order valence-electron chi connectivity index (χ2n) is 8.00. The normalized spacial score (nSPS) is 14.2. The Morgan fingerprint density at radius 3 is 2.55 bits per heavy atom. The van der Waals surface area contributed by atoms with Crippen LogP contribution in [0.3, 0.4) is 0 Å². The van der Waals surface area contributed by atoms with Crippen molar-refractivity contribution in [2.75, 3.05) is 5.32 Å². The Morgan fingerprint density at radius 2 is 1.97 bits per heavy atom. The van der Waals surface area contributed by atoms with Crippen molar-refractivity contribution in [1.82, 2.24) is 10.3 Å². The van der Waals surface area contributed by atoms with E-state index in [1.165, 1.54) is 24.4 Å². The molecule has 0 spiro atoms. The lowest BCUT2D eigenvalue weighted by Gasteiger charge is -2.25. The van der Waals surface area contributed by atoms with Crippen LogP contribution in [0, 0.1) is 16.8 Å². The maximum Gasteiger partial charge on any atom is 0.413 e. The zero-order valence-electron chi connectivity index (χ0n) is 18.9. The molecular weight excluding hydrogens is 429 g/mol. The van der Waals surface area contributed by atoms with Crippen LogP contribution < -0.4 is 10.6 Å². The molecule has 0 bridgehead atoms. The molecule has 1 aromatic carbocycles. The minimum absolute atomic E-state index is 0.00164. The third-order valence-corrected chi connectivity index (χ3v) is 4.49. The van der Waals surface area contributed by atoms with Crippen LogP contribution in [0.2, 0.25) is 0 Å². The van der Waals surface area contributed by atoms with Gasteiger partial charge in [-0.05, 0) is 51.5 Å². The standard InChI is InChI=1S/C22H28FN7O3/c1-5-22(32,18(30-25)12-26-15-9-7-6-8-14(15)23)17-11-10-16(28-17)19(27-13-24)29-20(31)33-21(2,3)4/h6-13,25-26,28,32H,5H2,1-4H3,(H2,24,27,29,31)/b18-12-,30-25?. The highest BCUT2D eigenvalue weighted by atomic mass is 19.1. The maximum absolute atomic E-state index is 13.9. The van der Waals surface area contributed by atoms with Crippen LogP contribution in [-0.4, -0.2) is 34.0 Å². The minimum Gasteiger partial charge on any atom is -0.444 e. The summed E-state index contributed by atoms with van der Waals surface area (Å²) in [5, 5.41) is 27.2. The molecular formula is C22H28FN7O3. The number of carbonyl (C=O) groups is 1. The number of amidine groups is 1. The summed E-state index contributed by atoms with van der Waals surface area (Å²) in [6.07, 6.45) is 1.36. The Balaban J connectivity index is 2.34. The Morgan fingerprint density at radius 1 is 1.27 bits per heavy atom. The van der Waals surface area contributed by atoms with E-state index < -0.39 is 23.1 Å². The number of hydrogen-bond donors (Lipinski definition) is 6. The largest absolute Gasteiger partial charge is 0.444 e. The van der Waals surface area contributed by atoms with Gasteiger partial charge in [-0.1, -0.05) is 19.1 Å². The predicted octanol–water partition coefficient (Wildman–Crippen LogP) is 4.61. The van der Waals surface area contributed by atoms with E-state index in [0.717, 1.165) is 6.34 Å². The van der Waals surface area contributed by atoms with Crippen LogP contribution in [0.15, 0.2) is 58.4 Å². The number of H-pyrrole nitrogens is 1. The van der Waals surface area contributed by atoms with Gasteiger partial charge in [0.25, 0.3) is 0 Å². The van der Waals surface area contributed by atoms with E-state index in [2.05, 4.69) is 25.7 Å². The second kappa shape index (κ2) is 10.6. The molecule has 0 aliphatic carbocycles. The van der Waals surface area contributed by atoms with Crippen molar-refractivity contribution in [2.45, 2.75) is 45.3 Å². The van der Waals surface area contributed by atoms with Gasteiger partial charge in [-0.3, -0.25) is 10.7 Å². The summed E-state index contributed by atoms with van der Waals surface area (Å²) in [5.41, 5.74) is 5.70. The topological polar surface area (TPSA) is 159 Å². The number of aromatic nitrogens is 1. The molecule has 2 rings (SSSR count). The number of nitrogens with zero attached hydrogens (tertiary/aromatic N) is 2.